The predicted octanol–water partition coefficient (Wildman–Crippen LogP) is 2.70. The number of fused-ring (bicyclic) bond motifs is 3. The third-order valence-corrected chi connectivity index (χ3v) is 7.10. The molecule has 0 radical (unpaired) electrons. The van der Waals surface area contributed by atoms with E-state index in [9.17, 15) is 36.3 Å². The van der Waals surface area contributed by atoms with Crippen LogP contribution in [0.15, 0.2) is 47.6 Å². The van der Waals surface area contributed by atoms with E-state index in [1.54, 1.807) is 12.4 Å². The molecule has 0 unspecified atom stereocenters. The number of nitrogens with one attached hydrogen (secondary N) is 2. The van der Waals surface area contributed by atoms with E-state index in [0.717, 1.165) is 11.1 Å². The zero-order valence-electron chi connectivity index (χ0n) is 20.9. The van der Waals surface area contributed by atoms with E-state index in [1.165, 1.54) is 35.9 Å². The van der Waals surface area contributed by atoms with Gasteiger partial charge in [-0.2, -0.15) is 18.3 Å². The number of anilines is 1. The van der Waals surface area contributed by atoms with Gasteiger partial charge in [0.15, 0.2) is 0 Å². The predicted molar refractivity (Wildman–Crippen MR) is 134 cm³/mol. The Balaban J connectivity index is 0.000000559. The molecule has 4 rings (SSSR count). The van der Waals surface area contributed by atoms with Crippen LogP contribution in [0.1, 0.15) is 35.0 Å². The lowest BCUT2D eigenvalue weighted by molar-refractivity contribution is -0.192. The van der Waals surface area contributed by atoms with Gasteiger partial charge in [0.25, 0.3) is 0 Å². The number of hydrogen-bond donors (Lipinski definition) is 4. The Kier molecular flexibility index (Phi) is 9.26. The van der Waals surface area contributed by atoms with Crippen LogP contribution in [0, 0.1) is 0 Å². The number of sulfonamides is 1. The summed E-state index contributed by atoms with van der Waals surface area (Å²) in [4.78, 5) is 36.1. The lowest BCUT2D eigenvalue weighted by atomic mass is 9.90. The molecule has 4 N–H and O–H groups in total. The van der Waals surface area contributed by atoms with Crippen molar-refractivity contribution in [3.8, 4) is 11.3 Å². The molecule has 2 aromatic heterocycles. The Hall–Kier alpha value is -4.31. The molecule has 1 aliphatic carbocycles. The number of aromatic carboxylic acids is 1. The van der Waals surface area contributed by atoms with Gasteiger partial charge in [0.05, 0.1) is 10.6 Å². The molecule has 0 saturated heterocycles. The highest BCUT2D eigenvalue weighted by atomic mass is 32.2. The standard InChI is InChI=1S/C22H23N5O5S.C2HF3O2/c1-14(28)25-16-4-6-17(7-5-16)33(31,32)24-10-2-12-27-21(22(29)30)19-8-3-15-13-23-11-9-18(15)20(19)26-27;3-2(4,5)1(6)7/h4-7,9,11,13,24H,2-3,8,10,12H2,1H3,(H,25,28)(H,29,30);(H,6,7). The smallest absolute Gasteiger partial charge is 0.477 e. The van der Waals surface area contributed by atoms with Crippen molar-refractivity contribution in [2.75, 3.05) is 11.9 Å². The summed E-state index contributed by atoms with van der Waals surface area (Å²) in [6.07, 6.45) is -0.0349. The maximum absolute atomic E-state index is 12.5. The van der Waals surface area contributed by atoms with Crippen molar-refractivity contribution in [1.29, 1.82) is 0 Å². The van der Waals surface area contributed by atoms with E-state index in [2.05, 4.69) is 20.1 Å². The van der Waals surface area contributed by atoms with Crippen molar-refractivity contribution in [3.05, 3.63) is 59.5 Å². The minimum Gasteiger partial charge on any atom is -0.477 e. The number of carboxylic acid groups (broad SMARTS) is 2. The number of aryl methyl sites for hydroxylation is 2. The fourth-order valence-electron chi connectivity index (χ4n) is 3.91. The van der Waals surface area contributed by atoms with Gasteiger partial charge in [-0.05, 0) is 55.2 Å². The van der Waals surface area contributed by atoms with E-state index < -0.39 is 28.1 Å². The van der Waals surface area contributed by atoms with Gasteiger partial charge in [-0.15, -0.1) is 0 Å². The molecule has 0 atom stereocenters. The maximum atomic E-state index is 12.5. The second-order valence-electron chi connectivity index (χ2n) is 8.50. The maximum Gasteiger partial charge on any atom is 0.490 e. The van der Waals surface area contributed by atoms with Crippen molar-refractivity contribution < 1.29 is 46.2 Å². The van der Waals surface area contributed by atoms with Gasteiger partial charge >= 0.3 is 18.1 Å². The average molecular weight is 584 g/mol. The van der Waals surface area contributed by atoms with Gasteiger partial charge in [-0.1, -0.05) is 0 Å². The van der Waals surface area contributed by atoms with Crippen LogP contribution in [0.25, 0.3) is 11.3 Å². The number of hydrogen-bond acceptors (Lipinski definition) is 7. The summed E-state index contributed by atoms with van der Waals surface area (Å²) >= 11 is 0. The third kappa shape index (κ3) is 7.41. The number of halogens is 3. The largest absolute Gasteiger partial charge is 0.490 e. The number of pyridine rings is 1. The summed E-state index contributed by atoms with van der Waals surface area (Å²) in [6.45, 7) is 1.73. The molecule has 1 amide bonds. The topological polar surface area (TPSA) is 181 Å². The monoisotopic (exact) mass is 583 g/mol. The first-order valence-electron chi connectivity index (χ1n) is 11.6. The third-order valence-electron chi connectivity index (χ3n) is 5.62. The number of carbonyl (C=O) groups excluding carboxylic acids is 1. The lowest BCUT2D eigenvalue weighted by Gasteiger charge is -2.14. The van der Waals surface area contributed by atoms with Gasteiger partial charge in [0, 0.05) is 49.2 Å². The molecule has 12 nitrogen and oxygen atoms in total. The Morgan fingerprint density at radius 3 is 2.30 bits per heavy atom. The van der Waals surface area contributed by atoms with Gasteiger partial charge in [0.1, 0.15) is 5.69 Å². The first kappa shape index (κ1) is 30.2. The number of carboxylic acids is 2. The molecule has 3 aromatic rings. The summed E-state index contributed by atoms with van der Waals surface area (Å²) in [6, 6.07) is 7.67. The molecule has 214 valence electrons. The van der Waals surface area contributed by atoms with Crippen molar-refractivity contribution >= 4 is 33.6 Å². The van der Waals surface area contributed by atoms with Crippen LogP contribution in [0.2, 0.25) is 0 Å². The van der Waals surface area contributed by atoms with Crippen LogP contribution in [0.3, 0.4) is 0 Å². The number of rotatable bonds is 8. The second-order valence-corrected chi connectivity index (χ2v) is 10.3. The first-order chi connectivity index (χ1) is 18.7. The molecule has 16 heteroatoms. The van der Waals surface area contributed by atoms with Gasteiger partial charge < -0.3 is 15.5 Å². The van der Waals surface area contributed by atoms with E-state index in [-0.39, 0.29) is 29.6 Å². The van der Waals surface area contributed by atoms with Crippen molar-refractivity contribution in [3.63, 3.8) is 0 Å². The number of benzene rings is 1. The van der Waals surface area contributed by atoms with Crippen LogP contribution in [-0.4, -0.2) is 64.0 Å². The summed E-state index contributed by atoms with van der Waals surface area (Å²) < 4.78 is 60.8. The highest BCUT2D eigenvalue weighted by Crippen LogP contribution is 2.34. The molecular weight excluding hydrogens is 559 g/mol. The van der Waals surface area contributed by atoms with Crippen molar-refractivity contribution in [1.82, 2.24) is 19.5 Å². The van der Waals surface area contributed by atoms with E-state index in [1.807, 2.05) is 6.07 Å². The quantitative estimate of drug-likeness (QED) is 0.290. The number of aliphatic carboxylic acids is 1. The number of amides is 1. The van der Waals surface area contributed by atoms with Gasteiger partial charge in [0.2, 0.25) is 15.9 Å². The summed E-state index contributed by atoms with van der Waals surface area (Å²) in [5.74, 6) is -4.06. The molecule has 0 bridgehead atoms. The number of carbonyl (C=O) groups is 3. The number of nitrogens with zero attached hydrogens (tertiary/aromatic N) is 3. The Morgan fingerprint density at radius 1 is 1.07 bits per heavy atom. The van der Waals surface area contributed by atoms with Crippen LogP contribution in [0.4, 0.5) is 18.9 Å². The summed E-state index contributed by atoms with van der Waals surface area (Å²) in [7, 11) is -3.74. The Morgan fingerprint density at radius 2 is 1.73 bits per heavy atom. The highest BCUT2D eigenvalue weighted by Gasteiger charge is 2.38. The fourth-order valence-corrected chi connectivity index (χ4v) is 4.98. The average Bonchev–Trinajstić information content (AvgIpc) is 3.26. The molecule has 0 saturated carbocycles. The fraction of sp³-hybridized carbons (Fsp3) is 0.292. The molecule has 0 aliphatic heterocycles. The Bertz CT molecular complexity index is 1520. The number of alkyl halides is 3. The summed E-state index contributed by atoms with van der Waals surface area (Å²) in [5, 5.41) is 24.0. The SMILES string of the molecule is CC(=O)Nc1ccc(S(=O)(=O)NCCCn2nc3c(c2C(=O)O)CCc2cnccc2-3)cc1.O=C(O)C(F)(F)F. The molecule has 2 heterocycles. The zero-order valence-corrected chi connectivity index (χ0v) is 21.7. The van der Waals surface area contributed by atoms with Crippen molar-refractivity contribution in [2.24, 2.45) is 0 Å². The lowest BCUT2D eigenvalue weighted by Crippen LogP contribution is -2.26. The highest BCUT2D eigenvalue weighted by molar-refractivity contribution is 7.89. The van der Waals surface area contributed by atoms with E-state index in [4.69, 9.17) is 9.90 Å². The minimum atomic E-state index is -5.08. The Labute approximate surface area is 225 Å². The molecule has 40 heavy (non-hydrogen) atoms. The molecule has 0 fully saturated rings. The van der Waals surface area contributed by atoms with Gasteiger partial charge in [-0.25, -0.2) is 22.7 Å². The minimum absolute atomic E-state index is 0.0718. The number of aromatic nitrogens is 3. The summed E-state index contributed by atoms with van der Waals surface area (Å²) in [5.41, 5.74) is 3.91. The molecular formula is C24H24F3N5O7S. The van der Waals surface area contributed by atoms with Gasteiger partial charge in [-0.3, -0.25) is 14.5 Å². The van der Waals surface area contributed by atoms with Crippen LogP contribution >= 0.6 is 0 Å². The van der Waals surface area contributed by atoms with Crippen molar-refractivity contribution in [2.45, 2.75) is 43.8 Å². The van der Waals surface area contributed by atoms with E-state index >= 15 is 0 Å². The van der Waals surface area contributed by atoms with Crippen LogP contribution in [-0.2, 0) is 39.0 Å². The first-order valence-corrected chi connectivity index (χ1v) is 13.1. The van der Waals surface area contributed by atoms with E-state index in [0.29, 0.717) is 36.2 Å². The zero-order chi connectivity index (χ0) is 29.7. The van der Waals surface area contributed by atoms with Crippen LogP contribution < -0.4 is 10.0 Å². The van der Waals surface area contributed by atoms with Crippen LogP contribution in [0.5, 0.6) is 0 Å². The molecule has 1 aliphatic rings. The normalized spacial score (nSPS) is 12.4. The second kappa shape index (κ2) is 12.3. The molecule has 0 spiro atoms. The molecule has 1 aromatic carbocycles.